The van der Waals surface area contributed by atoms with Gasteiger partial charge in [-0.25, -0.2) is 0 Å². The minimum absolute atomic E-state index is 0.0205. The van der Waals surface area contributed by atoms with E-state index in [2.05, 4.69) is 0 Å². The van der Waals surface area contributed by atoms with E-state index < -0.39 is 0 Å². The van der Waals surface area contributed by atoms with Gasteiger partial charge in [0.05, 0.1) is 12.5 Å². The van der Waals surface area contributed by atoms with E-state index >= 15 is 0 Å². The first kappa shape index (κ1) is 11.6. The smallest absolute Gasteiger partial charge is 0.128 e. The van der Waals surface area contributed by atoms with Crippen molar-refractivity contribution in [3.8, 4) is 11.5 Å². The molecule has 3 atom stereocenters. The van der Waals surface area contributed by atoms with Crippen LogP contribution in [0.15, 0.2) is 24.3 Å². The van der Waals surface area contributed by atoms with Crippen molar-refractivity contribution in [2.75, 3.05) is 14.2 Å². The van der Waals surface area contributed by atoms with Crippen LogP contribution in [-0.4, -0.2) is 31.8 Å². The summed E-state index contributed by atoms with van der Waals surface area (Å²) in [4.78, 5) is 0. The van der Waals surface area contributed by atoms with Crippen molar-refractivity contribution in [1.82, 2.24) is 0 Å². The number of hydrogen-bond donors (Lipinski definition) is 0. The van der Waals surface area contributed by atoms with Crippen molar-refractivity contribution < 1.29 is 14.2 Å². The van der Waals surface area contributed by atoms with E-state index in [1.165, 1.54) is 0 Å². The molecular weight excluding hydrogens is 228 g/mol. The lowest BCUT2D eigenvalue weighted by atomic mass is 9.91. The van der Waals surface area contributed by atoms with Crippen LogP contribution in [0.1, 0.15) is 6.42 Å². The Morgan fingerprint density at radius 1 is 1.25 bits per heavy atom. The van der Waals surface area contributed by atoms with Crippen LogP contribution in [0, 0.1) is 0 Å². The molecule has 0 spiro atoms. The Hall–Kier alpha value is -0.930. The largest absolute Gasteiger partial charge is 0.497 e. The second-order valence-corrected chi connectivity index (χ2v) is 4.35. The van der Waals surface area contributed by atoms with Crippen molar-refractivity contribution in [1.29, 1.82) is 0 Å². The molecule has 3 nitrogen and oxygen atoms in total. The van der Waals surface area contributed by atoms with Crippen molar-refractivity contribution in [2.24, 2.45) is 0 Å². The number of methoxy groups -OCH3 is 2. The fraction of sp³-hybridized carbons (Fsp3) is 0.500. The molecule has 1 aromatic carbocycles. The van der Waals surface area contributed by atoms with E-state index in [1.54, 1.807) is 14.2 Å². The van der Waals surface area contributed by atoms with Crippen molar-refractivity contribution in [3.05, 3.63) is 24.3 Å². The van der Waals surface area contributed by atoms with E-state index in [4.69, 9.17) is 25.8 Å². The molecule has 1 saturated carbocycles. The summed E-state index contributed by atoms with van der Waals surface area (Å²) in [5.74, 6) is 1.57. The third-order valence-electron chi connectivity index (χ3n) is 2.78. The normalized spacial score (nSPS) is 28.3. The molecule has 0 radical (unpaired) electrons. The lowest BCUT2D eigenvalue weighted by Gasteiger charge is -2.39. The Morgan fingerprint density at radius 2 is 2.00 bits per heavy atom. The first-order valence-corrected chi connectivity index (χ1v) is 5.66. The van der Waals surface area contributed by atoms with Gasteiger partial charge < -0.3 is 14.2 Å². The molecule has 4 heteroatoms. The van der Waals surface area contributed by atoms with Crippen LogP contribution in [0.3, 0.4) is 0 Å². The van der Waals surface area contributed by atoms with Crippen molar-refractivity contribution >= 4 is 11.6 Å². The predicted octanol–water partition coefficient (Wildman–Crippen LogP) is 2.47. The second kappa shape index (κ2) is 4.93. The van der Waals surface area contributed by atoms with Gasteiger partial charge in [-0.05, 0) is 12.1 Å². The maximum Gasteiger partial charge on any atom is 0.128 e. The molecule has 1 aromatic rings. The summed E-state index contributed by atoms with van der Waals surface area (Å²) in [6.45, 7) is 0. The summed E-state index contributed by atoms with van der Waals surface area (Å²) in [6.07, 6.45) is 0.838. The van der Waals surface area contributed by atoms with Crippen LogP contribution in [0.25, 0.3) is 0 Å². The molecule has 0 saturated heterocycles. The molecular formula is C12H15ClO3. The van der Waals surface area contributed by atoms with Crippen LogP contribution >= 0.6 is 11.6 Å². The van der Waals surface area contributed by atoms with Gasteiger partial charge in [0.2, 0.25) is 0 Å². The van der Waals surface area contributed by atoms with Crippen LogP contribution < -0.4 is 9.47 Å². The molecule has 0 N–H and O–H groups in total. The summed E-state index contributed by atoms with van der Waals surface area (Å²) in [7, 11) is 3.29. The fourth-order valence-corrected chi connectivity index (χ4v) is 2.23. The minimum Gasteiger partial charge on any atom is -0.497 e. The molecule has 0 aromatic heterocycles. The van der Waals surface area contributed by atoms with Gasteiger partial charge in [0.1, 0.15) is 23.7 Å². The molecule has 0 amide bonds. The topological polar surface area (TPSA) is 27.7 Å². The van der Waals surface area contributed by atoms with E-state index in [0.717, 1.165) is 17.9 Å². The minimum atomic E-state index is -0.0205. The maximum atomic E-state index is 6.00. The SMILES string of the molecule is COc1cccc(OC2CC(Cl)C2OC)c1. The molecule has 0 heterocycles. The van der Waals surface area contributed by atoms with Crippen LogP contribution in [-0.2, 0) is 4.74 Å². The number of rotatable bonds is 4. The second-order valence-electron chi connectivity index (χ2n) is 3.79. The Morgan fingerprint density at radius 3 is 2.62 bits per heavy atom. The Balaban J connectivity index is 1.99. The number of halogens is 1. The summed E-state index contributed by atoms with van der Waals surface area (Å²) < 4.78 is 16.2. The Bertz CT molecular complexity index is 356. The summed E-state index contributed by atoms with van der Waals surface area (Å²) in [5.41, 5.74) is 0. The molecule has 1 aliphatic rings. The Kier molecular flexibility index (Phi) is 3.56. The zero-order valence-corrected chi connectivity index (χ0v) is 10.1. The van der Waals surface area contributed by atoms with E-state index in [0.29, 0.717) is 0 Å². The third-order valence-corrected chi connectivity index (χ3v) is 3.21. The molecule has 2 rings (SSSR count). The van der Waals surface area contributed by atoms with Crippen LogP contribution in [0.5, 0.6) is 11.5 Å². The molecule has 0 aliphatic heterocycles. The quantitative estimate of drug-likeness (QED) is 0.760. The average molecular weight is 243 g/mol. The van der Waals surface area contributed by atoms with Crippen molar-refractivity contribution in [2.45, 2.75) is 24.0 Å². The first-order valence-electron chi connectivity index (χ1n) is 5.22. The third kappa shape index (κ3) is 2.25. The number of benzene rings is 1. The highest BCUT2D eigenvalue weighted by molar-refractivity contribution is 6.21. The standard InChI is InChI=1S/C12H15ClO3/c1-14-8-4-3-5-9(6-8)16-11-7-10(13)12(11)15-2/h3-6,10-12H,7H2,1-2H3. The first-order chi connectivity index (χ1) is 7.74. The molecule has 88 valence electrons. The van der Waals surface area contributed by atoms with E-state index in [-0.39, 0.29) is 17.6 Å². The highest BCUT2D eigenvalue weighted by atomic mass is 35.5. The zero-order valence-electron chi connectivity index (χ0n) is 9.35. The van der Waals surface area contributed by atoms with Gasteiger partial charge in [-0.15, -0.1) is 11.6 Å². The van der Waals surface area contributed by atoms with Crippen LogP contribution in [0.2, 0.25) is 0 Å². The van der Waals surface area contributed by atoms with E-state index in [1.807, 2.05) is 24.3 Å². The monoisotopic (exact) mass is 242 g/mol. The molecule has 3 unspecified atom stereocenters. The van der Waals surface area contributed by atoms with E-state index in [9.17, 15) is 0 Å². The van der Waals surface area contributed by atoms with Gasteiger partial charge in [0, 0.05) is 19.6 Å². The maximum absolute atomic E-state index is 6.00. The fourth-order valence-electron chi connectivity index (χ4n) is 1.79. The van der Waals surface area contributed by atoms with Gasteiger partial charge in [-0.3, -0.25) is 0 Å². The van der Waals surface area contributed by atoms with Gasteiger partial charge in [-0.1, -0.05) is 6.07 Å². The molecule has 16 heavy (non-hydrogen) atoms. The summed E-state index contributed by atoms with van der Waals surface area (Å²) in [6, 6.07) is 7.53. The van der Waals surface area contributed by atoms with Gasteiger partial charge in [0.15, 0.2) is 0 Å². The highest BCUT2D eigenvalue weighted by Gasteiger charge is 2.42. The number of hydrogen-bond acceptors (Lipinski definition) is 3. The predicted molar refractivity (Wildman–Crippen MR) is 62.5 cm³/mol. The lowest BCUT2D eigenvalue weighted by molar-refractivity contribution is -0.0584. The van der Waals surface area contributed by atoms with Crippen LogP contribution in [0.4, 0.5) is 0 Å². The summed E-state index contributed by atoms with van der Waals surface area (Å²) >= 11 is 6.00. The summed E-state index contributed by atoms with van der Waals surface area (Å²) in [5, 5.41) is 0.0561. The highest BCUT2D eigenvalue weighted by Crippen LogP contribution is 2.33. The zero-order chi connectivity index (χ0) is 11.5. The van der Waals surface area contributed by atoms with Crippen molar-refractivity contribution in [3.63, 3.8) is 0 Å². The van der Waals surface area contributed by atoms with Gasteiger partial charge in [0.25, 0.3) is 0 Å². The number of alkyl halides is 1. The lowest BCUT2D eigenvalue weighted by Crippen LogP contribution is -2.52. The number of ether oxygens (including phenoxy) is 3. The molecule has 0 bridgehead atoms. The van der Waals surface area contributed by atoms with Gasteiger partial charge in [-0.2, -0.15) is 0 Å². The average Bonchev–Trinajstić information content (AvgIpc) is 2.29. The molecule has 1 fully saturated rings. The molecule has 1 aliphatic carbocycles. The van der Waals surface area contributed by atoms with Gasteiger partial charge >= 0.3 is 0 Å². The Labute approximate surface area is 100 Å².